The molecule has 0 saturated heterocycles. The van der Waals surface area contributed by atoms with Crippen molar-refractivity contribution in [1.29, 1.82) is 0 Å². The fourth-order valence-electron chi connectivity index (χ4n) is 2.79. The van der Waals surface area contributed by atoms with E-state index in [-0.39, 0.29) is 37.3 Å². The second-order valence-electron chi connectivity index (χ2n) is 5.80. The highest BCUT2D eigenvalue weighted by molar-refractivity contribution is 7.10. The van der Waals surface area contributed by atoms with Crippen molar-refractivity contribution in [2.45, 2.75) is 25.8 Å². The van der Waals surface area contributed by atoms with E-state index in [1.165, 1.54) is 16.2 Å². The normalized spacial score (nSPS) is 16.6. The summed E-state index contributed by atoms with van der Waals surface area (Å²) in [5.74, 6) is -0.943. The van der Waals surface area contributed by atoms with Crippen LogP contribution >= 0.6 is 11.3 Å². The Bertz CT molecular complexity index is 788. The quantitative estimate of drug-likeness (QED) is 0.853. The molecule has 6 nitrogen and oxygen atoms in total. The molecule has 0 aliphatic carbocycles. The summed E-state index contributed by atoms with van der Waals surface area (Å²) in [4.78, 5) is 38.9. The molecule has 1 aliphatic rings. The predicted molar refractivity (Wildman–Crippen MR) is 95.6 cm³/mol. The van der Waals surface area contributed by atoms with Gasteiger partial charge in [0.1, 0.15) is 0 Å². The van der Waals surface area contributed by atoms with Crippen molar-refractivity contribution in [3.63, 3.8) is 0 Å². The first kappa shape index (κ1) is 17.2. The zero-order valence-electron chi connectivity index (χ0n) is 13.7. The molecular formula is C18H18N2O4S. The summed E-state index contributed by atoms with van der Waals surface area (Å²) in [5, 5.41) is 4.68. The average molecular weight is 358 g/mol. The number of fused-ring (bicyclic) bond motifs is 1. The Morgan fingerprint density at radius 3 is 2.84 bits per heavy atom. The second-order valence-corrected chi connectivity index (χ2v) is 6.83. The van der Waals surface area contributed by atoms with Crippen LogP contribution in [-0.4, -0.2) is 30.4 Å². The highest BCUT2D eigenvalue weighted by Gasteiger charge is 2.30. The summed E-state index contributed by atoms with van der Waals surface area (Å²) >= 11 is 1.47. The number of carbonyl (C=O) groups excluding carboxylic acids is 3. The van der Waals surface area contributed by atoms with Gasteiger partial charge in [0.15, 0.2) is 6.61 Å². The number of benzene rings is 1. The maximum atomic E-state index is 12.6. The average Bonchev–Trinajstić information content (AvgIpc) is 3.03. The van der Waals surface area contributed by atoms with Gasteiger partial charge in [-0.3, -0.25) is 14.4 Å². The largest absolute Gasteiger partial charge is 0.455 e. The third-order valence-electron chi connectivity index (χ3n) is 3.88. The van der Waals surface area contributed by atoms with Crippen molar-refractivity contribution >= 4 is 40.5 Å². The topological polar surface area (TPSA) is 75.7 Å². The Morgan fingerprint density at radius 1 is 1.28 bits per heavy atom. The SMILES string of the molecule is C[C@H]1CC(=O)Nc2ccccc2N1C(=O)COC(=O)Cc1cccs1. The lowest BCUT2D eigenvalue weighted by atomic mass is 10.1. The molecule has 1 atom stereocenters. The highest BCUT2D eigenvalue weighted by Crippen LogP contribution is 2.31. The van der Waals surface area contributed by atoms with E-state index in [4.69, 9.17) is 4.74 Å². The van der Waals surface area contributed by atoms with E-state index < -0.39 is 5.97 Å². The van der Waals surface area contributed by atoms with Gasteiger partial charge in [-0.15, -0.1) is 11.3 Å². The number of esters is 1. The lowest BCUT2D eigenvalue weighted by Gasteiger charge is -2.27. The number of anilines is 2. The number of amides is 2. The summed E-state index contributed by atoms with van der Waals surface area (Å²) in [6, 6.07) is 10.5. The molecule has 25 heavy (non-hydrogen) atoms. The smallest absolute Gasteiger partial charge is 0.311 e. The zero-order chi connectivity index (χ0) is 17.8. The molecule has 2 amide bonds. The summed E-state index contributed by atoms with van der Waals surface area (Å²) < 4.78 is 5.13. The number of carbonyl (C=O) groups is 3. The van der Waals surface area contributed by atoms with E-state index in [1.807, 2.05) is 17.5 Å². The molecule has 0 saturated carbocycles. The first-order valence-electron chi connectivity index (χ1n) is 7.93. The van der Waals surface area contributed by atoms with E-state index in [9.17, 15) is 14.4 Å². The number of thiophene rings is 1. The van der Waals surface area contributed by atoms with Crippen molar-refractivity contribution in [3.05, 3.63) is 46.7 Å². The lowest BCUT2D eigenvalue weighted by Crippen LogP contribution is -2.41. The van der Waals surface area contributed by atoms with Crippen LogP contribution in [-0.2, 0) is 25.5 Å². The maximum Gasteiger partial charge on any atom is 0.311 e. The standard InChI is InChI=1S/C18H18N2O4S/c1-12-9-16(21)19-14-6-2-3-7-15(14)20(12)17(22)11-24-18(23)10-13-5-4-8-25-13/h2-8,12H,9-11H2,1H3,(H,19,21)/t12-/m0/s1. The van der Waals surface area contributed by atoms with Gasteiger partial charge in [0.2, 0.25) is 5.91 Å². The molecule has 2 heterocycles. The van der Waals surface area contributed by atoms with Crippen molar-refractivity contribution in [1.82, 2.24) is 0 Å². The van der Waals surface area contributed by atoms with Gasteiger partial charge in [-0.25, -0.2) is 0 Å². The molecule has 1 N–H and O–H groups in total. The molecular weight excluding hydrogens is 340 g/mol. The molecule has 130 valence electrons. The maximum absolute atomic E-state index is 12.6. The fourth-order valence-corrected chi connectivity index (χ4v) is 3.48. The number of hydrogen-bond acceptors (Lipinski definition) is 5. The van der Waals surface area contributed by atoms with Crippen LogP contribution in [0, 0.1) is 0 Å². The summed E-state index contributed by atoms with van der Waals surface area (Å²) in [6.07, 6.45) is 0.334. The highest BCUT2D eigenvalue weighted by atomic mass is 32.1. The van der Waals surface area contributed by atoms with Crippen molar-refractivity contribution < 1.29 is 19.1 Å². The van der Waals surface area contributed by atoms with Crippen LogP contribution in [0.15, 0.2) is 41.8 Å². The minimum absolute atomic E-state index is 0.148. The van der Waals surface area contributed by atoms with Crippen LogP contribution in [0.1, 0.15) is 18.2 Å². The minimum atomic E-state index is -0.444. The first-order valence-corrected chi connectivity index (χ1v) is 8.81. The monoisotopic (exact) mass is 358 g/mol. The Morgan fingerprint density at radius 2 is 2.08 bits per heavy atom. The van der Waals surface area contributed by atoms with Gasteiger partial charge < -0.3 is 15.0 Å². The van der Waals surface area contributed by atoms with E-state index in [2.05, 4.69) is 5.32 Å². The molecule has 1 aliphatic heterocycles. The number of hydrogen-bond donors (Lipinski definition) is 1. The molecule has 1 aromatic heterocycles. The Balaban J connectivity index is 1.70. The molecule has 0 unspecified atom stereocenters. The van der Waals surface area contributed by atoms with E-state index >= 15 is 0 Å². The van der Waals surface area contributed by atoms with Crippen LogP contribution in [0.3, 0.4) is 0 Å². The molecule has 3 rings (SSSR count). The summed E-state index contributed by atoms with van der Waals surface area (Å²) in [7, 11) is 0. The number of rotatable bonds is 4. The Kier molecular flexibility index (Phi) is 5.14. The second kappa shape index (κ2) is 7.48. The van der Waals surface area contributed by atoms with Crippen LogP contribution < -0.4 is 10.2 Å². The lowest BCUT2D eigenvalue weighted by molar-refractivity contribution is -0.147. The molecule has 7 heteroatoms. The van der Waals surface area contributed by atoms with Crippen LogP contribution in [0.4, 0.5) is 11.4 Å². The van der Waals surface area contributed by atoms with Crippen LogP contribution in [0.2, 0.25) is 0 Å². The van der Waals surface area contributed by atoms with Crippen molar-refractivity contribution in [2.75, 3.05) is 16.8 Å². The third-order valence-corrected chi connectivity index (χ3v) is 4.76. The molecule has 2 aromatic rings. The zero-order valence-corrected chi connectivity index (χ0v) is 14.5. The minimum Gasteiger partial charge on any atom is -0.455 e. The Hall–Kier alpha value is -2.67. The van der Waals surface area contributed by atoms with Gasteiger partial charge in [0, 0.05) is 17.3 Å². The molecule has 0 bridgehead atoms. The number of nitrogens with one attached hydrogen (secondary N) is 1. The van der Waals surface area contributed by atoms with Crippen molar-refractivity contribution in [3.8, 4) is 0 Å². The van der Waals surface area contributed by atoms with Gasteiger partial charge in [0.25, 0.3) is 5.91 Å². The number of nitrogens with zero attached hydrogens (tertiary/aromatic N) is 1. The van der Waals surface area contributed by atoms with Gasteiger partial charge in [-0.05, 0) is 30.5 Å². The Labute approximate surface area is 149 Å². The van der Waals surface area contributed by atoms with Gasteiger partial charge >= 0.3 is 5.97 Å². The predicted octanol–water partition coefficient (Wildman–Crippen LogP) is 2.60. The van der Waals surface area contributed by atoms with E-state index in [0.717, 1.165) is 4.88 Å². The van der Waals surface area contributed by atoms with Crippen LogP contribution in [0.5, 0.6) is 0 Å². The van der Waals surface area contributed by atoms with Gasteiger partial charge in [-0.1, -0.05) is 18.2 Å². The number of para-hydroxylation sites is 2. The van der Waals surface area contributed by atoms with Crippen LogP contribution in [0.25, 0.3) is 0 Å². The first-order chi connectivity index (χ1) is 12.0. The summed E-state index contributed by atoms with van der Waals surface area (Å²) in [6.45, 7) is 1.45. The third kappa shape index (κ3) is 4.06. The number of ether oxygens (including phenoxy) is 1. The van der Waals surface area contributed by atoms with E-state index in [0.29, 0.717) is 11.4 Å². The van der Waals surface area contributed by atoms with Crippen molar-refractivity contribution in [2.24, 2.45) is 0 Å². The molecule has 1 aromatic carbocycles. The molecule has 0 spiro atoms. The fraction of sp³-hybridized carbons (Fsp3) is 0.278. The van der Waals surface area contributed by atoms with Gasteiger partial charge in [0.05, 0.1) is 17.8 Å². The van der Waals surface area contributed by atoms with Gasteiger partial charge in [-0.2, -0.15) is 0 Å². The van der Waals surface area contributed by atoms with E-state index in [1.54, 1.807) is 31.2 Å². The molecule has 0 fully saturated rings. The molecule has 0 radical (unpaired) electrons. The summed E-state index contributed by atoms with van der Waals surface area (Å²) in [5.41, 5.74) is 1.19.